The van der Waals surface area contributed by atoms with Crippen LogP contribution in [-0.2, 0) is 16.0 Å². The molecule has 11 heteroatoms. The predicted molar refractivity (Wildman–Crippen MR) is 115 cm³/mol. The molecule has 32 heavy (non-hydrogen) atoms. The van der Waals surface area contributed by atoms with Gasteiger partial charge in [-0.1, -0.05) is 0 Å². The Balaban J connectivity index is 1.86. The Morgan fingerprint density at radius 3 is 2.53 bits per heavy atom. The van der Waals surface area contributed by atoms with Crippen molar-refractivity contribution in [3.63, 3.8) is 0 Å². The van der Waals surface area contributed by atoms with Crippen LogP contribution < -0.4 is 16.6 Å². The van der Waals surface area contributed by atoms with Crippen LogP contribution in [0.25, 0.3) is 16.6 Å². The Morgan fingerprint density at radius 1 is 1.22 bits per heavy atom. The van der Waals surface area contributed by atoms with Gasteiger partial charge >= 0.3 is 17.8 Å². The maximum absolute atomic E-state index is 12.8. The summed E-state index contributed by atoms with van der Waals surface area (Å²) in [6.07, 6.45) is 1.79. The van der Waals surface area contributed by atoms with Crippen molar-refractivity contribution in [2.75, 3.05) is 0 Å². The number of carboxylic acid groups (broad SMARTS) is 1. The number of aromatic nitrogens is 4. The molecule has 0 spiro atoms. The van der Waals surface area contributed by atoms with Crippen LogP contribution in [-0.4, -0.2) is 48.3 Å². The topological polar surface area (TPSA) is 156 Å². The summed E-state index contributed by atoms with van der Waals surface area (Å²) in [5.41, 5.74) is -0.523. The first-order valence-electron chi connectivity index (χ1n) is 9.74. The summed E-state index contributed by atoms with van der Waals surface area (Å²) in [5.74, 6) is -1.26. The molecule has 168 valence electrons. The summed E-state index contributed by atoms with van der Waals surface area (Å²) >= 11 is 0. The van der Waals surface area contributed by atoms with Crippen molar-refractivity contribution in [3.8, 4) is 5.69 Å². The van der Waals surface area contributed by atoms with Crippen LogP contribution in [0.1, 0.15) is 32.2 Å². The minimum absolute atomic E-state index is 0.122. The second kappa shape index (κ2) is 8.61. The first-order valence-corrected chi connectivity index (χ1v) is 9.74. The third kappa shape index (κ3) is 4.99. The van der Waals surface area contributed by atoms with Crippen molar-refractivity contribution in [3.05, 3.63) is 62.8 Å². The van der Waals surface area contributed by atoms with Gasteiger partial charge in [-0.25, -0.2) is 19.0 Å². The minimum atomic E-state index is -1.27. The van der Waals surface area contributed by atoms with E-state index in [1.54, 1.807) is 27.7 Å². The monoisotopic (exact) mass is 441 g/mol. The molecular weight excluding hydrogens is 418 g/mol. The van der Waals surface area contributed by atoms with Crippen molar-refractivity contribution >= 4 is 23.0 Å². The van der Waals surface area contributed by atoms with Crippen molar-refractivity contribution in [2.45, 2.75) is 45.8 Å². The lowest BCUT2D eigenvalue weighted by Gasteiger charge is -2.21. The van der Waals surface area contributed by atoms with Gasteiger partial charge < -0.3 is 20.1 Å². The van der Waals surface area contributed by atoms with Crippen LogP contribution in [0.15, 0.2) is 40.2 Å². The number of rotatable bonds is 5. The number of pyridine rings is 2. The van der Waals surface area contributed by atoms with Gasteiger partial charge in [-0.2, -0.15) is 0 Å². The van der Waals surface area contributed by atoms with Gasteiger partial charge in [0.2, 0.25) is 0 Å². The second-order valence-corrected chi connectivity index (χ2v) is 8.14. The largest absolute Gasteiger partial charge is 0.480 e. The number of hydrogen-bond acceptors (Lipinski definition) is 7. The van der Waals surface area contributed by atoms with Gasteiger partial charge in [-0.15, -0.1) is 0 Å². The highest BCUT2D eigenvalue weighted by Crippen LogP contribution is 2.11. The van der Waals surface area contributed by atoms with E-state index in [1.807, 2.05) is 0 Å². The van der Waals surface area contributed by atoms with E-state index in [9.17, 15) is 24.3 Å². The smallest absolute Gasteiger partial charge is 0.408 e. The third-order valence-corrected chi connectivity index (χ3v) is 4.48. The number of alkyl carbamates (subject to hydrolysis) is 1. The maximum Gasteiger partial charge on any atom is 0.408 e. The number of nitrogens with zero attached hydrogens (tertiary/aromatic N) is 3. The van der Waals surface area contributed by atoms with Crippen molar-refractivity contribution in [1.29, 1.82) is 0 Å². The molecule has 11 nitrogen and oxygen atoms in total. The van der Waals surface area contributed by atoms with E-state index < -0.39 is 35.0 Å². The van der Waals surface area contributed by atoms with Gasteiger partial charge in [0.15, 0.2) is 0 Å². The van der Waals surface area contributed by atoms with Crippen LogP contribution in [0.5, 0.6) is 0 Å². The lowest BCUT2D eigenvalue weighted by molar-refractivity contribution is -0.139. The number of amides is 1. The van der Waals surface area contributed by atoms with Crippen LogP contribution in [0, 0.1) is 6.92 Å². The number of ether oxygens (including phenoxy) is 1. The Labute approximate surface area is 182 Å². The zero-order valence-corrected chi connectivity index (χ0v) is 18.0. The van der Waals surface area contributed by atoms with Crippen LogP contribution in [0.2, 0.25) is 0 Å². The van der Waals surface area contributed by atoms with E-state index in [0.717, 1.165) is 4.57 Å². The number of carbonyl (C=O) groups is 2. The first-order chi connectivity index (χ1) is 15.0. The van der Waals surface area contributed by atoms with Gasteiger partial charge in [0.25, 0.3) is 5.56 Å². The Morgan fingerprint density at radius 2 is 1.94 bits per heavy atom. The Bertz CT molecular complexity index is 1290. The lowest BCUT2D eigenvalue weighted by Crippen LogP contribution is -2.44. The zero-order chi connectivity index (χ0) is 23.6. The van der Waals surface area contributed by atoms with Crippen molar-refractivity contribution in [1.82, 2.24) is 24.8 Å². The molecule has 0 aliphatic heterocycles. The zero-order valence-electron chi connectivity index (χ0n) is 18.0. The van der Waals surface area contributed by atoms with Gasteiger partial charge in [0.05, 0.1) is 28.5 Å². The molecule has 3 rings (SSSR count). The highest BCUT2D eigenvalue weighted by molar-refractivity contribution is 5.80. The van der Waals surface area contributed by atoms with Crippen molar-refractivity contribution < 1.29 is 19.4 Å². The lowest BCUT2D eigenvalue weighted by atomic mass is 10.1. The molecule has 0 aliphatic carbocycles. The normalized spacial score (nSPS) is 12.4. The van der Waals surface area contributed by atoms with E-state index in [4.69, 9.17) is 4.74 Å². The molecule has 0 radical (unpaired) electrons. The molecule has 0 aliphatic rings. The molecule has 1 atom stereocenters. The van der Waals surface area contributed by atoms with Crippen LogP contribution in [0.4, 0.5) is 4.79 Å². The molecule has 3 N–H and O–H groups in total. The fourth-order valence-electron chi connectivity index (χ4n) is 3.04. The Kier molecular flexibility index (Phi) is 6.10. The van der Waals surface area contributed by atoms with E-state index >= 15 is 0 Å². The van der Waals surface area contributed by atoms with E-state index in [2.05, 4.69) is 20.3 Å². The minimum Gasteiger partial charge on any atom is -0.480 e. The summed E-state index contributed by atoms with van der Waals surface area (Å²) in [5, 5.41) is 12.0. The molecule has 0 fully saturated rings. The maximum atomic E-state index is 12.8. The fraction of sp³-hybridized carbons (Fsp3) is 0.333. The average molecular weight is 441 g/mol. The molecule has 0 bridgehead atoms. The summed E-state index contributed by atoms with van der Waals surface area (Å²) in [4.78, 5) is 59.7. The average Bonchev–Trinajstić information content (AvgIpc) is 2.68. The number of fused-ring (bicyclic) bond motifs is 1. The molecule has 3 aromatic rings. The van der Waals surface area contributed by atoms with Gasteiger partial charge in [-0.05, 0) is 45.9 Å². The summed E-state index contributed by atoms with van der Waals surface area (Å²) in [7, 11) is 0. The van der Waals surface area contributed by atoms with Gasteiger partial charge in [-0.3, -0.25) is 14.8 Å². The third-order valence-electron chi connectivity index (χ3n) is 4.48. The van der Waals surface area contributed by atoms with E-state index in [-0.39, 0.29) is 12.1 Å². The summed E-state index contributed by atoms with van der Waals surface area (Å²) < 4.78 is 6.03. The van der Waals surface area contributed by atoms with E-state index in [0.29, 0.717) is 22.3 Å². The number of aliphatic carboxylic acids is 1. The number of aryl methyl sites for hydroxylation is 1. The van der Waals surface area contributed by atoms with Crippen LogP contribution in [0.3, 0.4) is 0 Å². The molecule has 3 heterocycles. The number of carboxylic acids is 1. The number of nitrogens with one attached hydrogen (secondary N) is 2. The molecule has 0 aromatic carbocycles. The molecular formula is C21H23N5O6. The highest BCUT2D eigenvalue weighted by Gasteiger charge is 2.24. The standard InChI is InChI=1S/C21H23N5O6/c1-11-16-14(7-8-22-11)17(27)26(19(30)25-16)13-6-5-12(23-10-13)9-15(18(28)29)24-20(31)32-21(2,3)4/h5-8,10,15H,9H2,1-4H3,(H,24,31)(H,25,30)(H,28,29)/t15-/m0/s1. The molecule has 0 unspecified atom stereocenters. The quantitative estimate of drug-likeness (QED) is 0.535. The molecule has 1 amide bonds. The number of aromatic amines is 1. The fourth-order valence-corrected chi connectivity index (χ4v) is 3.04. The van der Waals surface area contributed by atoms with Crippen molar-refractivity contribution in [2.24, 2.45) is 0 Å². The molecule has 0 saturated carbocycles. The second-order valence-electron chi connectivity index (χ2n) is 8.14. The number of hydrogen-bond donors (Lipinski definition) is 3. The van der Waals surface area contributed by atoms with E-state index in [1.165, 1.54) is 30.6 Å². The SMILES string of the molecule is Cc1nccc2c(=O)n(-c3ccc(C[C@H](NC(=O)OC(C)(C)C)C(=O)O)nc3)c(=O)[nH]c12. The van der Waals surface area contributed by atoms with Gasteiger partial charge in [0, 0.05) is 18.3 Å². The number of H-pyrrole nitrogens is 1. The molecule has 0 saturated heterocycles. The summed E-state index contributed by atoms with van der Waals surface area (Å²) in [6, 6.07) is 3.20. The van der Waals surface area contributed by atoms with Crippen LogP contribution >= 0.6 is 0 Å². The highest BCUT2D eigenvalue weighted by atomic mass is 16.6. The number of carbonyl (C=O) groups excluding carboxylic acids is 1. The first kappa shape index (κ1) is 22.7. The Hall–Kier alpha value is -4.02. The molecule has 3 aromatic heterocycles. The summed E-state index contributed by atoms with van der Waals surface area (Å²) in [6.45, 7) is 6.67. The predicted octanol–water partition coefficient (Wildman–Crippen LogP) is 1.30. The van der Waals surface area contributed by atoms with Gasteiger partial charge in [0.1, 0.15) is 11.6 Å².